The molecule has 1 saturated heterocycles. The SMILES string of the molecule is Cc1ccccc1NC(=O)C1CC(=O)N(c2ccc(C(F)(F)F)cc2)C1. The molecule has 1 atom stereocenters. The molecule has 136 valence electrons. The van der Waals surface area contributed by atoms with Gasteiger partial charge in [0.25, 0.3) is 0 Å². The van der Waals surface area contributed by atoms with Crippen LogP contribution in [0.5, 0.6) is 0 Å². The van der Waals surface area contributed by atoms with Gasteiger partial charge in [0.1, 0.15) is 0 Å². The van der Waals surface area contributed by atoms with E-state index >= 15 is 0 Å². The quantitative estimate of drug-likeness (QED) is 0.897. The highest BCUT2D eigenvalue weighted by Crippen LogP contribution is 2.32. The zero-order valence-electron chi connectivity index (χ0n) is 14.0. The summed E-state index contributed by atoms with van der Waals surface area (Å²) in [5.41, 5.74) is 1.17. The van der Waals surface area contributed by atoms with Crippen LogP contribution in [-0.4, -0.2) is 18.4 Å². The highest BCUT2D eigenvalue weighted by Gasteiger charge is 2.36. The van der Waals surface area contributed by atoms with Crippen molar-refractivity contribution in [3.05, 3.63) is 59.7 Å². The number of carbonyl (C=O) groups excluding carboxylic acids is 2. The summed E-state index contributed by atoms with van der Waals surface area (Å²) < 4.78 is 37.9. The van der Waals surface area contributed by atoms with Crippen molar-refractivity contribution in [1.29, 1.82) is 0 Å². The lowest BCUT2D eigenvalue weighted by Gasteiger charge is -2.18. The Balaban J connectivity index is 1.70. The molecule has 0 aromatic heterocycles. The molecule has 7 heteroatoms. The van der Waals surface area contributed by atoms with Gasteiger partial charge >= 0.3 is 6.18 Å². The fourth-order valence-corrected chi connectivity index (χ4v) is 2.91. The van der Waals surface area contributed by atoms with Crippen molar-refractivity contribution in [3.8, 4) is 0 Å². The van der Waals surface area contributed by atoms with Crippen LogP contribution in [0, 0.1) is 12.8 Å². The van der Waals surface area contributed by atoms with Crippen LogP contribution in [0.15, 0.2) is 48.5 Å². The van der Waals surface area contributed by atoms with Crippen LogP contribution in [0.1, 0.15) is 17.5 Å². The minimum atomic E-state index is -4.43. The summed E-state index contributed by atoms with van der Waals surface area (Å²) in [7, 11) is 0. The van der Waals surface area contributed by atoms with Crippen molar-refractivity contribution in [2.45, 2.75) is 19.5 Å². The predicted molar refractivity (Wildman–Crippen MR) is 91.7 cm³/mol. The second-order valence-corrected chi connectivity index (χ2v) is 6.25. The van der Waals surface area contributed by atoms with Crippen LogP contribution in [0.4, 0.5) is 24.5 Å². The highest BCUT2D eigenvalue weighted by atomic mass is 19.4. The van der Waals surface area contributed by atoms with Crippen LogP contribution in [0.3, 0.4) is 0 Å². The Labute approximate surface area is 148 Å². The zero-order valence-corrected chi connectivity index (χ0v) is 14.0. The van der Waals surface area contributed by atoms with E-state index in [-0.39, 0.29) is 24.8 Å². The molecule has 3 rings (SSSR count). The zero-order chi connectivity index (χ0) is 18.9. The Morgan fingerprint density at radius 2 is 1.77 bits per heavy atom. The van der Waals surface area contributed by atoms with Crippen LogP contribution in [-0.2, 0) is 15.8 Å². The molecule has 4 nitrogen and oxygen atoms in total. The maximum absolute atomic E-state index is 12.6. The maximum Gasteiger partial charge on any atom is 0.416 e. The van der Waals surface area contributed by atoms with Gasteiger partial charge in [0, 0.05) is 24.3 Å². The molecule has 2 aromatic rings. The number of aryl methyl sites for hydroxylation is 1. The van der Waals surface area contributed by atoms with E-state index < -0.39 is 17.7 Å². The minimum absolute atomic E-state index is 0.0265. The van der Waals surface area contributed by atoms with Gasteiger partial charge in [0.05, 0.1) is 11.5 Å². The average molecular weight is 362 g/mol. The first-order valence-corrected chi connectivity index (χ1v) is 8.10. The Morgan fingerprint density at radius 3 is 2.38 bits per heavy atom. The highest BCUT2D eigenvalue weighted by molar-refractivity contribution is 6.03. The summed E-state index contributed by atoms with van der Waals surface area (Å²) in [5, 5.41) is 2.81. The molecule has 26 heavy (non-hydrogen) atoms. The minimum Gasteiger partial charge on any atom is -0.326 e. The lowest BCUT2D eigenvalue weighted by Crippen LogP contribution is -2.28. The molecule has 1 aliphatic rings. The molecule has 1 aliphatic heterocycles. The van der Waals surface area contributed by atoms with E-state index in [1.807, 2.05) is 19.1 Å². The van der Waals surface area contributed by atoms with E-state index in [1.165, 1.54) is 17.0 Å². The number of alkyl halides is 3. The van der Waals surface area contributed by atoms with Crippen LogP contribution in [0.25, 0.3) is 0 Å². The van der Waals surface area contributed by atoms with E-state index in [0.29, 0.717) is 11.4 Å². The van der Waals surface area contributed by atoms with Crippen molar-refractivity contribution >= 4 is 23.2 Å². The van der Waals surface area contributed by atoms with Crippen molar-refractivity contribution in [2.75, 3.05) is 16.8 Å². The van der Waals surface area contributed by atoms with Gasteiger partial charge < -0.3 is 10.2 Å². The Bertz CT molecular complexity index is 831. The molecule has 0 saturated carbocycles. The van der Waals surface area contributed by atoms with Crippen LogP contribution < -0.4 is 10.2 Å². The lowest BCUT2D eigenvalue weighted by atomic mass is 10.1. The number of rotatable bonds is 3. The number of hydrogen-bond acceptors (Lipinski definition) is 2. The number of nitrogens with one attached hydrogen (secondary N) is 1. The third kappa shape index (κ3) is 3.71. The molecule has 1 heterocycles. The number of anilines is 2. The number of para-hydroxylation sites is 1. The van der Waals surface area contributed by atoms with Crippen molar-refractivity contribution in [2.24, 2.45) is 5.92 Å². The molecular weight excluding hydrogens is 345 g/mol. The maximum atomic E-state index is 12.6. The van der Waals surface area contributed by atoms with Gasteiger partial charge in [0.15, 0.2) is 0 Å². The number of carbonyl (C=O) groups is 2. The van der Waals surface area contributed by atoms with E-state index in [4.69, 9.17) is 0 Å². The third-order valence-electron chi connectivity index (χ3n) is 4.41. The summed E-state index contributed by atoms with van der Waals surface area (Å²) in [5.74, 6) is -1.11. The summed E-state index contributed by atoms with van der Waals surface area (Å²) in [6, 6.07) is 11.7. The van der Waals surface area contributed by atoms with Crippen LogP contribution >= 0.6 is 0 Å². The summed E-state index contributed by atoms with van der Waals surface area (Å²) in [6.07, 6.45) is -4.40. The van der Waals surface area contributed by atoms with Gasteiger partial charge in [0.2, 0.25) is 11.8 Å². The van der Waals surface area contributed by atoms with Gasteiger partial charge in [-0.3, -0.25) is 9.59 Å². The van der Waals surface area contributed by atoms with Crippen LogP contribution in [0.2, 0.25) is 0 Å². The van der Waals surface area contributed by atoms with Gasteiger partial charge in [-0.05, 0) is 42.8 Å². The van der Waals surface area contributed by atoms with E-state index in [0.717, 1.165) is 17.7 Å². The molecule has 0 aliphatic carbocycles. The summed E-state index contributed by atoms with van der Waals surface area (Å²) in [6.45, 7) is 2.01. The van der Waals surface area contributed by atoms with E-state index in [9.17, 15) is 22.8 Å². The Kier molecular flexibility index (Phi) is 4.71. The average Bonchev–Trinajstić information content (AvgIpc) is 2.98. The molecule has 0 bridgehead atoms. The lowest BCUT2D eigenvalue weighted by molar-refractivity contribution is -0.137. The number of amides is 2. The molecule has 1 unspecified atom stereocenters. The smallest absolute Gasteiger partial charge is 0.326 e. The van der Waals surface area contributed by atoms with Gasteiger partial charge in [-0.25, -0.2) is 0 Å². The van der Waals surface area contributed by atoms with E-state index in [2.05, 4.69) is 5.32 Å². The number of nitrogens with zero attached hydrogens (tertiary/aromatic N) is 1. The molecule has 0 radical (unpaired) electrons. The van der Waals surface area contributed by atoms with Crippen molar-refractivity contribution in [3.63, 3.8) is 0 Å². The second kappa shape index (κ2) is 6.82. The predicted octanol–water partition coefficient (Wildman–Crippen LogP) is 4.01. The molecule has 2 amide bonds. The second-order valence-electron chi connectivity index (χ2n) is 6.25. The van der Waals surface area contributed by atoms with E-state index in [1.54, 1.807) is 12.1 Å². The Hall–Kier alpha value is -2.83. The topological polar surface area (TPSA) is 49.4 Å². The van der Waals surface area contributed by atoms with Gasteiger partial charge in [-0.2, -0.15) is 13.2 Å². The molecule has 0 spiro atoms. The monoisotopic (exact) mass is 362 g/mol. The molecule has 2 aromatic carbocycles. The Morgan fingerprint density at radius 1 is 1.12 bits per heavy atom. The largest absolute Gasteiger partial charge is 0.416 e. The fourth-order valence-electron chi connectivity index (χ4n) is 2.91. The number of benzene rings is 2. The first-order chi connectivity index (χ1) is 12.3. The number of hydrogen-bond donors (Lipinski definition) is 1. The molecule has 1 N–H and O–H groups in total. The van der Waals surface area contributed by atoms with Crippen molar-refractivity contribution < 1.29 is 22.8 Å². The number of halogens is 3. The van der Waals surface area contributed by atoms with Crippen molar-refractivity contribution in [1.82, 2.24) is 0 Å². The standard InChI is InChI=1S/C19H17F3N2O2/c1-12-4-2-3-5-16(12)23-18(26)13-10-17(25)24(11-13)15-8-6-14(7-9-15)19(20,21)22/h2-9,13H,10-11H2,1H3,(H,23,26). The van der Waals surface area contributed by atoms with Gasteiger partial charge in [-0.1, -0.05) is 18.2 Å². The first-order valence-electron chi connectivity index (χ1n) is 8.10. The first kappa shape index (κ1) is 18.0. The molecular formula is C19H17F3N2O2. The molecule has 1 fully saturated rings. The summed E-state index contributed by atoms with van der Waals surface area (Å²) >= 11 is 0. The fraction of sp³-hybridized carbons (Fsp3) is 0.263. The third-order valence-corrected chi connectivity index (χ3v) is 4.41. The van der Waals surface area contributed by atoms with Gasteiger partial charge in [-0.15, -0.1) is 0 Å². The summed E-state index contributed by atoms with van der Waals surface area (Å²) in [4.78, 5) is 26.0. The normalized spacial score (nSPS) is 17.5.